The van der Waals surface area contributed by atoms with Crippen LogP contribution in [-0.4, -0.2) is 0 Å². The summed E-state index contributed by atoms with van der Waals surface area (Å²) in [6, 6.07) is 12.4. The molecule has 0 saturated carbocycles. The van der Waals surface area contributed by atoms with Crippen LogP contribution in [0.3, 0.4) is 0 Å². The second-order valence-electron chi connectivity index (χ2n) is 3.24. The second kappa shape index (κ2) is 2.85. The molecule has 2 aromatic carbocycles. The van der Waals surface area contributed by atoms with E-state index in [9.17, 15) is 0 Å². The molecule has 0 atom stereocenters. The summed E-state index contributed by atoms with van der Waals surface area (Å²) in [6.45, 7) is 0. The van der Waals surface area contributed by atoms with E-state index < -0.39 is 0 Å². The van der Waals surface area contributed by atoms with Crippen molar-refractivity contribution in [1.29, 1.82) is 0 Å². The minimum atomic E-state index is 0.926. The van der Waals surface area contributed by atoms with Crippen molar-refractivity contribution in [2.45, 2.75) is 0 Å². The van der Waals surface area contributed by atoms with Crippen molar-refractivity contribution < 1.29 is 4.42 Å². The normalized spacial score (nSPS) is 11.2. The number of hydrogen-bond acceptors (Lipinski definition) is 1. The highest BCUT2D eigenvalue weighted by Gasteiger charge is 2.06. The van der Waals surface area contributed by atoms with Crippen LogP contribution in [0.15, 0.2) is 51.6 Å². The van der Waals surface area contributed by atoms with Crippen molar-refractivity contribution in [2.24, 2.45) is 0 Å². The standard InChI is InChI=1S/C12H7BrO/c13-10-7-14-11-6-5-8-3-1-2-4-9(8)12(10)11/h1-7H. The third-order valence-corrected chi connectivity index (χ3v) is 3.00. The summed E-state index contributed by atoms with van der Waals surface area (Å²) < 4.78 is 6.43. The molecule has 0 saturated heterocycles. The SMILES string of the molecule is Brc1coc2ccc3ccccc3c12. The molecule has 0 spiro atoms. The first-order valence-electron chi connectivity index (χ1n) is 4.41. The average molecular weight is 247 g/mol. The van der Waals surface area contributed by atoms with E-state index in [1.165, 1.54) is 10.8 Å². The minimum Gasteiger partial charge on any atom is -0.463 e. The Morgan fingerprint density at radius 2 is 1.86 bits per heavy atom. The van der Waals surface area contributed by atoms with E-state index in [1.807, 2.05) is 18.2 Å². The van der Waals surface area contributed by atoms with Crippen LogP contribution in [0.25, 0.3) is 21.7 Å². The van der Waals surface area contributed by atoms with Gasteiger partial charge in [0.25, 0.3) is 0 Å². The molecule has 0 amide bonds. The molecular formula is C12H7BrO. The van der Waals surface area contributed by atoms with Gasteiger partial charge in [-0.3, -0.25) is 0 Å². The minimum absolute atomic E-state index is 0.926. The van der Waals surface area contributed by atoms with E-state index in [2.05, 4.69) is 34.1 Å². The molecule has 68 valence electrons. The molecule has 0 aliphatic carbocycles. The lowest BCUT2D eigenvalue weighted by molar-refractivity contribution is 0.614. The van der Waals surface area contributed by atoms with Crippen molar-refractivity contribution in [3.8, 4) is 0 Å². The van der Waals surface area contributed by atoms with Gasteiger partial charge in [0.05, 0.1) is 4.47 Å². The van der Waals surface area contributed by atoms with Crippen LogP contribution in [-0.2, 0) is 0 Å². The summed E-state index contributed by atoms with van der Waals surface area (Å²) in [5, 5.41) is 3.62. The molecule has 3 aromatic rings. The first-order valence-corrected chi connectivity index (χ1v) is 5.20. The van der Waals surface area contributed by atoms with Crippen molar-refractivity contribution in [2.75, 3.05) is 0 Å². The summed E-state index contributed by atoms with van der Waals surface area (Å²) in [4.78, 5) is 0. The summed E-state index contributed by atoms with van der Waals surface area (Å²) in [7, 11) is 0. The molecule has 0 N–H and O–H groups in total. The number of furan rings is 1. The monoisotopic (exact) mass is 246 g/mol. The summed E-state index contributed by atoms with van der Waals surface area (Å²) in [5.41, 5.74) is 0.926. The van der Waals surface area contributed by atoms with Crippen molar-refractivity contribution in [1.82, 2.24) is 0 Å². The summed E-state index contributed by atoms with van der Waals surface area (Å²) in [5.74, 6) is 0. The number of benzene rings is 2. The van der Waals surface area contributed by atoms with Gasteiger partial charge < -0.3 is 4.42 Å². The van der Waals surface area contributed by atoms with Crippen LogP contribution in [0.5, 0.6) is 0 Å². The Morgan fingerprint density at radius 1 is 1.00 bits per heavy atom. The molecule has 2 heteroatoms. The quantitative estimate of drug-likeness (QED) is 0.575. The number of halogens is 1. The van der Waals surface area contributed by atoms with Crippen LogP contribution in [0.2, 0.25) is 0 Å². The van der Waals surface area contributed by atoms with Gasteiger partial charge in [0.2, 0.25) is 0 Å². The van der Waals surface area contributed by atoms with E-state index in [0.717, 1.165) is 15.4 Å². The van der Waals surface area contributed by atoms with Crippen LogP contribution in [0.4, 0.5) is 0 Å². The van der Waals surface area contributed by atoms with Crippen molar-refractivity contribution in [3.05, 3.63) is 47.1 Å². The molecule has 3 rings (SSSR count). The largest absolute Gasteiger partial charge is 0.463 e. The Labute approximate surface area is 89.5 Å². The average Bonchev–Trinajstić information content (AvgIpc) is 2.61. The highest BCUT2D eigenvalue weighted by molar-refractivity contribution is 9.10. The van der Waals surface area contributed by atoms with E-state index >= 15 is 0 Å². The van der Waals surface area contributed by atoms with Gasteiger partial charge in [-0.05, 0) is 32.8 Å². The summed E-state index contributed by atoms with van der Waals surface area (Å²) >= 11 is 3.49. The molecular weight excluding hydrogens is 240 g/mol. The van der Waals surface area contributed by atoms with Gasteiger partial charge in [-0.25, -0.2) is 0 Å². The van der Waals surface area contributed by atoms with Gasteiger partial charge in [0.1, 0.15) is 11.8 Å². The number of hydrogen-bond donors (Lipinski definition) is 0. The predicted molar refractivity (Wildman–Crippen MR) is 61.4 cm³/mol. The highest BCUT2D eigenvalue weighted by atomic mass is 79.9. The van der Waals surface area contributed by atoms with Gasteiger partial charge in [0, 0.05) is 5.39 Å². The predicted octanol–water partition coefficient (Wildman–Crippen LogP) is 4.35. The molecule has 0 unspecified atom stereocenters. The molecule has 1 nitrogen and oxygen atoms in total. The van der Waals surface area contributed by atoms with E-state index in [4.69, 9.17) is 4.42 Å². The van der Waals surface area contributed by atoms with Gasteiger partial charge in [-0.2, -0.15) is 0 Å². The number of fused-ring (bicyclic) bond motifs is 3. The Balaban J connectivity index is 2.65. The van der Waals surface area contributed by atoms with Crippen LogP contribution < -0.4 is 0 Å². The smallest absolute Gasteiger partial charge is 0.135 e. The molecule has 1 heterocycles. The fraction of sp³-hybridized carbons (Fsp3) is 0. The van der Waals surface area contributed by atoms with Gasteiger partial charge in [0.15, 0.2) is 0 Å². The zero-order valence-electron chi connectivity index (χ0n) is 7.33. The Morgan fingerprint density at radius 3 is 2.79 bits per heavy atom. The van der Waals surface area contributed by atoms with Crippen LogP contribution in [0.1, 0.15) is 0 Å². The maximum atomic E-state index is 5.41. The van der Waals surface area contributed by atoms with Gasteiger partial charge in [-0.15, -0.1) is 0 Å². The zero-order chi connectivity index (χ0) is 9.54. The maximum Gasteiger partial charge on any atom is 0.135 e. The lowest BCUT2D eigenvalue weighted by Crippen LogP contribution is -1.72. The van der Waals surface area contributed by atoms with Gasteiger partial charge in [-0.1, -0.05) is 30.3 Å². The second-order valence-corrected chi connectivity index (χ2v) is 4.10. The lowest BCUT2D eigenvalue weighted by atomic mass is 10.1. The Hall–Kier alpha value is -1.28. The third-order valence-electron chi connectivity index (χ3n) is 2.42. The van der Waals surface area contributed by atoms with Crippen LogP contribution in [0, 0.1) is 0 Å². The molecule has 14 heavy (non-hydrogen) atoms. The van der Waals surface area contributed by atoms with Gasteiger partial charge >= 0.3 is 0 Å². The van der Waals surface area contributed by atoms with E-state index in [-0.39, 0.29) is 0 Å². The first kappa shape index (κ1) is 8.06. The summed E-state index contributed by atoms with van der Waals surface area (Å²) in [6.07, 6.45) is 1.73. The van der Waals surface area contributed by atoms with Crippen LogP contribution >= 0.6 is 15.9 Å². The maximum absolute atomic E-state index is 5.41. The van der Waals surface area contributed by atoms with Crippen molar-refractivity contribution >= 4 is 37.7 Å². The molecule has 1 aromatic heterocycles. The molecule has 0 aliphatic rings. The third kappa shape index (κ3) is 1.01. The highest BCUT2D eigenvalue weighted by Crippen LogP contribution is 2.32. The molecule has 0 aliphatic heterocycles. The van der Waals surface area contributed by atoms with E-state index in [0.29, 0.717) is 0 Å². The first-order chi connectivity index (χ1) is 6.86. The number of rotatable bonds is 0. The zero-order valence-corrected chi connectivity index (χ0v) is 8.91. The molecule has 0 fully saturated rings. The fourth-order valence-electron chi connectivity index (χ4n) is 1.77. The van der Waals surface area contributed by atoms with Crippen molar-refractivity contribution in [3.63, 3.8) is 0 Å². The topological polar surface area (TPSA) is 13.1 Å². The molecule has 0 bridgehead atoms. The Bertz CT molecular complexity index is 610. The fourth-order valence-corrected chi connectivity index (χ4v) is 2.27. The molecule has 0 radical (unpaired) electrons. The lowest BCUT2D eigenvalue weighted by Gasteiger charge is -1.97. The van der Waals surface area contributed by atoms with E-state index in [1.54, 1.807) is 6.26 Å². The Kier molecular flexibility index (Phi) is 1.64.